The predicted octanol–water partition coefficient (Wildman–Crippen LogP) is 2.18. The Hall–Kier alpha value is -2.15. The van der Waals surface area contributed by atoms with Crippen LogP contribution in [0.3, 0.4) is 0 Å². The lowest BCUT2D eigenvalue weighted by Gasteiger charge is -2.32. The summed E-state index contributed by atoms with van der Waals surface area (Å²) in [7, 11) is 2.02. The van der Waals surface area contributed by atoms with Gasteiger partial charge in [-0.3, -0.25) is 4.68 Å². The minimum absolute atomic E-state index is 0.354. The lowest BCUT2D eigenvalue weighted by molar-refractivity contribution is 0.0875. The molecule has 2 aliphatic rings. The zero-order chi connectivity index (χ0) is 17.1. The van der Waals surface area contributed by atoms with E-state index in [2.05, 4.69) is 26.4 Å². The fourth-order valence-corrected chi connectivity index (χ4v) is 3.80. The molecule has 0 aromatic carbocycles. The Balaban J connectivity index is 1.37. The second kappa shape index (κ2) is 7.39. The van der Waals surface area contributed by atoms with E-state index in [1.54, 1.807) is 0 Å². The highest BCUT2D eigenvalue weighted by molar-refractivity contribution is 5.42. The van der Waals surface area contributed by atoms with Gasteiger partial charge in [0.25, 0.3) is 0 Å². The highest BCUT2D eigenvalue weighted by atomic mass is 16.5. The number of piperidine rings is 1. The molecule has 4 heterocycles. The second-order valence-corrected chi connectivity index (χ2v) is 6.94. The van der Waals surface area contributed by atoms with Crippen molar-refractivity contribution < 1.29 is 4.74 Å². The minimum atomic E-state index is 0.354. The van der Waals surface area contributed by atoms with E-state index in [0.29, 0.717) is 12.0 Å². The van der Waals surface area contributed by atoms with Gasteiger partial charge in [0, 0.05) is 50.7 Å². The number of aryl methyl sites for hydroxylation is 1. The molecule has 25 heavy (non-hydrogen) atoms. The lowest BCUT2D eigenvalue weighted by atomic mass is 9.93. The molecule has 1 N–H and O–H groups in total. The van der Waals surface area contributed by atoms with Crippen LogP contribution in [-0.2, 0) is 11.8 Å². The fourth-order valence-electron chi connectivity index (χ4n) is 3.80. The van der Waals surface area contributed by atoms with E-state index in [1.165, 1.54) is 5.69 Å². The largest absolute Gasteiger partial charge is 0.379 e. The number of anilines is 2. The van der Waals surface area contributed by atoms with Crippen molar-refractivity contribution in [2.45, 2.75) is 37.6 Å². The van der Waals surface area contributed by atoms with Crippen molar-refractivity contribution in [3.8, 4) is 0 Å². The minimum Gasteiger partial charge on any atom is -0.379 e. The van der Waals surface area contributed by atoms with E-state index in [0.717, 1.165) is 63.8 Å². The molecular formula is C18H26N6O. The molecule has 0 bridgehead atoms. The summed E-state index contributed by atoms with van der Waals surface area (Å²) in [6.07, 6.45) is 8.19. The maximum Gasteiger partial charge on any atom is 0.227 e. The molecule has 4 rings (SSSR count). The molecular weight excluding hydrogens is 316 g/mol. The Labute approximate surface area is 148 Å². The standard InChI is InChI=1S/C18H26N6O/c1-23-16(4-9-20-23)14-6-10-24(11-7-14)18-19-8-5-17(22-18)21-15-3-2-12-25-13-15/h4-5,8-9,14-15H,2-3,6-7,10-13H2,1H3,(H,19,21,22). The van der Waals surface area contributed by atoms with Gasteiger partial charge in [0.05, 0.1) is 12.6 Å². The first-order chi connectivity index (χ1) is 12.3. The van der Waals surface area contributed by atoms with Crippen LogP contribution in [0.2, 0.25) is 0 Å². The Bertz CT molecular complexity index is 688. The first-order valence-corrected chi connectivity index (χ1v) is 9.20. The number of ether oxygens (including phenoxy) is 1. The van der Waals surface area contributed by atoms with Crippen molar-refractivity contribution >= 4 is 11.8 Å². The average Bonchev–Trinajstić information content (AvgIpc) is 3.09. The molecule has 2 saturated heterocycles. The summed E-state index contributed by atoms with van der Waals surface area (Å²) < 4.78 is 7.53. The molecule has 7 nitrogen and oxygen atoms in total. The van der Waals surface area contributed by atoms with Crippen LogP contribution >= 0.6 is 0 Å². The third-order valence-corrected chi connectivity index (χ3v) is 5.21. The van der Waals surface area contributed by atoms with Crippen LogP contribution in [0.4, 0.5) is 11.8 Å². The molecule has 2 aromatic heterocycles. The molecule has 0 spiro atoms. The quantitative estimate of drug-likeness (QED) is 0.919. The Kier molecular flexibility index (Phi) is 4.83. The van der Waals surface area contributed by atoms with Crippen molar-refractivity contribution in [1.29, 1.82) is 0 Å². The first-order valence-electron chi connectivity index (χ1n) is 9.20. The van der Waals surface area contributed by atoms with Gasteiger partial charge in [0.15, 0.2) is 0 Å². The Morgan fingerprint density at radius 2 is 2.04 bits per heavy atom. The summed E-state index contributed by atoms with van der Waals surface area (Å²) in [5.41, 5.74) is 1.33. The van der Waals surface area contributed by atoms with Crippen LogP contribution in [0, 0.1) is 0 Å². The van der Waals surface area contributed by atoms with Crippen LogP contribution in [-0.4, -0.2) is 52.1 Å². The molecule has 0 radical (unpaired) electrons. The van der Waals surface area contributed by atoms with E-state index < -0.39 is 0 Å². The summed E-state index contributed by atoms with van der Waals surface area (Å²) >= 11 is 0. The zero-order valence-corrected chi connectivity index (χ0v) is 14.8. The van der Waals surface area contributed by atoms with Gasteiger partial charge < -0.3 is 15.0 Å². The molecule has 2 aromatic rings. The molecule has 1 atom stereocenters. The van der Waals surface area contributed by atoms with Gasteiger partial charge in [0.1, 0.15) is 5.82 Å². The van der Waals surface area contributed by atoms with Gasteiger partial charge in [-0.2, -0.15) is 10.1 Å². The zero-order valence-electron chi connectivity index (χ0n) is 14.8. The summed E-state index contributed by atoms with van der Waals surface area (Å²) in [4.78, 5) is 11.5. The highest BCUT2D eigenvalue weighted by Gasteiger charge is 2.24. The number of hydrogen-bond donors (Lipinski definition) is 1. The summed E-state index contributed by atoms with van der Waals surface area (Å²) in [6, 6.07) is 4.43. The lowest BCUT2D eigenvalue weighted by Crippen LogP contribution is -2.35. The SMILES string of the molecule is Cn1nccc1C1CCN(c2nccc(NC3CCCOC3)n2)CC1. The smallest absolute Gasteiger partial charge is 0.227 e. The number of nitrogens with zero attached hydrogens (tertiary/aromatic N) is 5. The first kappa shape index (κ1) is 16.3. The normalized spacial score (nSPS) is 22.1. The summed E-state index contributed by atoms with van der Waals surface area (Å²) in [5.74, 6) is 2.30. The van der Waals surface area contributed by atoms with Crippen LogP contribution in [0.5, 0.6) is 0 Å². The molecule has 2 fully saturated rings. The van der Waals surface area contributed by atoms with Crippen LogP contribution < -0.4 is 10.2 Å². The Morgan fingerprint density at radius 3 is 2.76 bits per heavy atom. The summed E-state index contributed by atoms with van der Waals surface area (Å²) in [6.45, 7) is 3.59. The summed E-state index contributed by atoms with van der Waals surface area (Å²) in [5, 5.41) is 7.78. The molecule has 2 aliphatic heterocycles. The average molecular weight is 342 g/mol. The van der Waals surface area contributed by atoms with Crippen molar-refractivity contribution in [3.63, 3.8) is 0 Å². The van der Waals surface area contributed by atoms with Crippen LogP contribution in [0.15, 0.2) is 24.5 Å². The van der Waals surface area contributed by atoms with E-state index in [1.807, 2.05) is 30.2 Å². The fraction of sp³-hybridized carbons (Fsp3) is 0.611. The van der Waals surface area contributed by atoms with E-state index in [9.17, 15) is 0 Å². The van der Waals surface area contributed by atoms with Gasteiger partial charge >= 0.3 is 0 Å². The molecule has 0 amide bonds. The predicted molar refractivity (Wildman–Crippen MR) is 96.9 cm³/mol. The van der Waals surface area contributed by atoms with Crippen molar-refractivity contribution in [2.75, 3.05) is 36.5 Å². The highest BCUT2D eigenvalue weighted by Crippen LogP contribution is 2.29. The topological polar surface area (TPSA) is 68.1 Å². The maximum absolute atomic E-state index is 5.53. The third kappa shape index (κ3) is 3.76. The number of aromatic nitrogens is 4. The third-order valence-electron chi connectivity index (χ3n) is 5.21. The van der Waals surface area contributed by atoms with Gasteiger partial charge in [-0.1, -0.05) is 0 Å². The monoisotopic (exact) mass is 342 g/mol. The molecule has 1 unspecified atom stereocenters. The van der Waals surface area contributed by atoms with Crippen molar-refractivity contribution in [3.05, 3.63) is 30.2 Å². The molecule has 0 saturated carbocycles. The van der Waals surface area contributed by atoms with Crippen LogP contribution in [0.25, 0.3) is 0 Å². The van der Waals surface area contributed by atoms with Crippen LogP contribution in [0.1, 0.15) is 37.3 Å². The van der Waals surface area contributed by atoms with Gasteiger partial charge in [-0.05, 0) is 37.8 Å². The Morgan fingerprint density at radius 1 is 1.16 bits per heavy atom. The molecule has 7 heteroatoms. The van der Waals surface area contributed by atoms with Gasteiger partial charge in [0.2, 0.25) is 5.95 Å². The second-order valence-electron chi connectivity index (χ2n) is 6.94. The van der Waals surface area contributed by atoms with E-state index >= 15 is 0 Å². The number of nitrogens with one attached hydrogen (secondary N) is 1. The molecule has 0 aliphatic carbocycles. The van der Waals surface area contributed by atoms with E-state index in [4.69, 9.17) is 9.72 Å². The van der Waals surface area contributed by atoms with Gasteiger partial charge in [-0.25, -0.2) is 4.98 Å². The maximum atomic E-state index is 5.53. The van der Waals surface area contributed by atoms with E-state index in [-0.39, 0.29) is 0 Å². The number of rotatable bonds is 4. The van der Waals surface area contributed by atoms with Crippen molar-refractivity contribution in [1.82, 2.24) is 19.7 Å². The van der Waals surface area contributed by atoms with Crippen molar-refractivity contribution in [2.24, 2.45) is 7.05 Å². The van der Waals surface area contributed by atoms with Gasteiger partial charge in [-0.15, -0.1) is 0 Å². The molecule has 134 valence electrons. The number of hydrogen-bond acceptors (Lipinski definition) is 6.